The Kier molecular flexibility index (Phi) is 4.37. The van der Waals surface area contributed by atoms with Gasteiger partial charge in [-0.15, -0.1) is 0 Å². The molecule has 1 saturated carbocycles. The maximum Gasteiger partial charge on any atom is 0.331 e. The van der Waals surface area contributed by atoms with Crippen LogP contribution in [0.5, 0.6) is 0 Å². The molecule has 5 heteroatoms. The van der Waals surface area contributed by atoms with Crippen molar-refractivity contribution >= 4 is 11.9 Å². The average molecular weight is 279 g/mol. The topological polar surface area (TPSA) is 55.4 Å². The number of nitrogens with one attached hydrogen (secondary N) is 1. The number of carbonyl (C=O) groups is 2. The van der Waals surface area contributed by atoms with Gasteiger partial charge in [-0.25, -0.2) is 9.18 Å². The third kappa shape index (κ3) is 2.81. The lowest BCUT2D eigenvalue weighted by Gasteiger charge is -2.35. The van der Waals surface area contributed by atoms with Gasteiger partial charge in [0.05, 0.1) is 12.7 Å². The highest BCUT2D eigenvalue weighted by molar-refractivity contribution is 5.98. The number of hydrogen-bond acceptors (Lipinski definition) is 3. The molecule has 1 aliphatic rings. The highest BCUT2D eigenvalue weighted by Gasteiger charge is 2.42. The average Bonchev–Trinajstić information content (AvgIpc) is 2.47. The molecule has 0 aromatic heterocycles. The molecule has 1 N–H and O–H groups in total. The third-order valence-electron chi connectivity index (χ3n) is 3.75. The lowest BCUT2D eigenvalue weighted by Crippen LogP contribution is -2.56. The second kappa shape index (κ2) is 6.03. The van der Waals surface area contributed by atoms with Gasteiger partial charge >= 0.3 is 5.97 Å². The van der Waals surface area contributed by atoms with Crippen molar-refractivity contribution in [3.05, 3.63) is 35.6 Å². The molecule has 0 radical (unpaired) electrons. The van der Waals surface area contributed by atoms with Gasteiger partial charge in [0.25, 0.3) is 5.91 Å². The maximum absolute atomic E-state index is 13.6. The fourth-order valence-corrected chi connectivity index (χ4v) is 2.66. The van der Waals surface area contributed by atoms with Crippen LogP contribution in [-0.4, -0.2) is 24.5 Å². The molecule has 4 nitrogen and oxygen atoms in total. The number of ether oxygens (including phenoxy) is 1. The first-order valence-electron chi connectivity index (χ1n) is 6.74. The predicted octanol–water partition coefficient (Wildman–Crippen LogP) is 2.43. The molecule has 108 valence electrons. The third-order valence-corrected chi connectivity index (χ3v) is 3.75. The lowest BCUT2D eigenvalue weighted by molar-refractivity contribution is -0.149. The number of benzene rings is 1. The van der Waals surface area contributed by atoms with Gasteiger partial charge in [-0.3, -0.25) is 4.79 Å². The number of amides is 1. The molecule has 1 aromatic rings. The van der Waals surface area contributed by atoms with Gasteiger partial charge in [0.15, 0.2) is 0 Å². The summed E-state index contributed by atoms with van der Waals surface area (Å²) in [6.45, 7) is 0. The van der Waals surface area contributed by atoms with Gasteiger partial charge in [-0.2, -0.15) is 0 Å². The van der Waals surface area contributed by atoms with Gasteiger partial charge in [-0.1, -0.05) is 31.4 Å². The van der Waals surface area contributed by atoms with E-state index in [1.807, 2.05) is 0 Å². The number of carbonyl (C=O) groups excluding carboxylic acids is 2. The van der Waals surface area contributed by atoms with Crippen LogP contribution in [0.1, 0.15) is 42.5 Å². The Hall–Kier alpha value is -1.91. The minimum absolute atomic E-state index is 0.0543. The Labute approximate surface area is 117 Å². The summed E-state index contributed by atoms with van der Waals surface area (Å²) in [6, 6.07) is 5.73. The van der Waals surface area contributed by atoms with Crippen molar-refractivity contribution in [3.8, 4) is 0 Å². The molecule has 1 aromatic carbocycles. The van der Waals surface area contributed by atoms with Crippen LogP contribution in [0.15, 0.2) is 24.3 Å². The van der Waals surface area contributed by atoms with E-state index in [1.54, 1.807) is 6.07 Å². The van der Waals surface area contributed by atoms with Crippen LogP contribution in [0.3, 0.4) is 0 Å². The Bertz CT molecular complexity index is 510. The van der Waals surface area contributed by atoms with Crippen molar-refractivity contribution in [1.29, 1.82) is 0 Å². The van der Waals surface area contributed by atoms with E-state index in [0.29, 0.717) is 12.8 Å². The number of methoxy groups -OCH3 is 1. The molecule has 0 atom stereocenters. The van der Waals surface area contributed by atoms with Crippen molar-refractivity contribution in [3.63, 3.8) is 0 Å². The van der Waals surface area contributed by atoms with E-state index in [1.165, 1.54) is 25.3 Å². The highest BCUT2D eigenvalue weighted by Crippen LogP contribution is 2.29. The lowest BCUT2D eigenvalue weighted by atomic mass is 9.81. The van der Waals surface area contributed by atoms with Crippen LogP contribution >= 0.6 is 0 Å². The molecule has 0 unspecified atom stereocenters. The van der Waals surface area contributed by atoms with Crippen LogP contribution in [0.4, 0.5) is 4.39 Å². The molecule has 1 amide bonds. The Morgan fingerprint density at radius 1 is 1.20 bits per heavy atom. The quantitative estimate of drug-likeness (QED) is 0.865. The van der Waals surface area contributed by atoms with E-state index in [0.717, 1.165) is 19.3 Å². The zero-order chi connectivity index (χ0) is 14.6. The summed E-state index contributed by atoms with van der Waals surface area (Å²) in [7, 11) is 1.30. The minimum atomic E-state index is -1.02. The number of rotatable bonds is 3. The summed E-state index contributed by atoms with van der Waals surface area (Å²) in [6.07, 6.45) is 3.76. The monoisotopic (exact) mass is 279 g/mol. The smallest absolute Gasteiger partial charge is 0.331 e. The largest absolute Gasteiger partial charge is 0.467 e. The van der Waals surface area contributed by atoms with Gasteiger partial charge in [0, 0.05) is 0 Å². The fraction of sp³-hybridized carbons (Fsp3) is 0.467. The second-order valence-corrected chi connectivity index (χ2v) is 5.07. The zero-order valence-electron chi connectivity index (χ0n) is 11.4. The molecule has 0 bridgehead atoms. The number of hydrogen-bond donors (Lipinski definition) is 1. The number of esters is 1. The first kappa shape index (κ1) is 14.5. The fourth-order valence-electron chi connectivity index (χ4n) is 2.66. The molecule has 2 rings (SSSR count). The van der Waals surface area contributed by atoms with E-state index >= 15 is 0 Å². The predicted molar refractivity (Wildman–Crippen MR) is 71.7 cm³/mol. The molecular formula is C15H18FNO3. The van der Waals surface area contributed by atoms with Crippen LogP contribution < -0.4 is 5.32 Å². The summed E-state index contributed by atoms with van der Waals surface area (Å²) in [5.74, 6) is -1.63. The number of halogens is 1. The van der Waals surface area contributed by atoms with Crippen LogP contribution in [-0.2, 0) is 9.53 Å². The van der Waals surface area contributed by atoms with Gasteiger partial charge in [0.2, 0.25) is 0 Å². The van der Waals surface area contributed by atoms with Gasteiger partial charge in [0.1, 0.15) is 11.4 Å². The van der Waals surface area contributed by atoms with E-state index in [4.69, 9.17) is 4.74 Å². The van der Waals surface area contributed by atoms with E-state index < -0.39 is 23.2 Å². The van der Waals surface area contributed by atoms with Crippen LogP contribution in [0.2, 0.25) is 0 Å². The van der Waals surface area contributed by atoms with Crippen LogP contribution in [0, 0.1) is 5.82 Å². The van der Waals surface area contributed by atoms with Crippen molar-refractivity contribution < 1.29 is 18.7 Å². The second-order valence-electron chi connectivity index (χ2n) is 5.07. The molecule has 0 saturated heterocycles. The van der Waals surface area contributed by atoms with E-state index in [2.05, 4.69) is 5.32 Å². The summed E-state index contributed by atoms with van der Waals surface area (Å²) < 4.78 is 18.4. The summed E-state index contributed by atoms with van der Waals surface area (Å²) in [4.78, 5) is 24.2. The van der Waals surface area contributed by atoms with Gasteiger partial charge < -0.3 is 10.1 Å². The summed E-state index contributed by atoms with van der Waals surface area (Å²) in [5, 5.41) is 2.69. The van der Waals surface area contributed by atoms with E-state index in [9.17, 15) is 14.0 Å². The summed E-state index contributed by atoms with van der Waals surface area (Å²) in [5.41, 5.74) is -1.08. The maximum atomic E-state index is 13.6. The highest BCUT2D eigenvalue weighted by atomic mass is 19.1. The summed E-state index contributed by atoms with van der Waals surface area (Å²) >= 11 is 0. The molecule has 1 fully saturated rings. The van der Waals surface area contributed by atoms with Crippen LogP contribution in [0.25, 0.3) is 0 Å². The molecule has 0 heterocycles. The minimum Gasteiger partial charge on any atom is -0.467 e. The SMILES string of the molecule is COC(=O)C1(NC(=O)c2ccccc2F)CCCCC1. The van der Waals surface area contributed by atoms with E-state index in [-0.39, 0.29) is 5.56 Å². The molecule has 1 aliphatic carbocycles. The molecule has 20 heavy (non-hydrogen) atoms. The van der Waals surface area contributed by atoms with Gasteiger partial charge in [-0.05, 0) is 25.0 Å². The molecule has 0 spiro atoms. The first-order valence-corrected chi connectivity index (χ1v) is 6.74. The van der Waals surface area contributed by atoms with Crippen molar-refractivity contribution in [2.45, 2.75) is 37.6 Å². The Balaban J connectivity index is 2.22. The Morgan fingerprint density at radius 3 is 2.45 bits per heavy atom. The Morgan fingerprint density at radius 2 is 1.85 bits per heavy atom. The first-order chi connectivity index (χ1) is 9.59. The normalized spacial score (nSPS) is 17.3. The standard InChI is InChI=1S/C15H18FNO3/c1-20-14(19)15(9-5-2-6-10-15)17-13(18)11-7-3-4-8-12(11)16/h3-4,7-8H,2,5-6,9-10H2,1H3,(H,17,18). The molecule has 0 aliphatic heterocycles. The van der Waals surface area contributed by atoms with Crippen molar-refractivity contribution in [2.24, 2.45) is 0 Å². The zero-order valence-corrected chi connectivity index (χ0v) is 11.4. The molecular weight excluding hydrogens is 261 g/mol. The van der Waals surface area contributed by atoms with Crippen molar-refractivity contribution in [1.82, 2.24) is 5.32 Å². The van der Waals surface area contributed by atoms with Crippen molar-refractivity contribution in [2.75, 3.05) is 7.11 Å².